The third-order valence-electron chi connectivity index (χ3n) is 5.29. The van der Waals surface area contributed by atoms with Crippen molar-refractivity contribution in [2.75, 3.05) is 0 Å². The molecular formula is C24H15F9N2O4S. The monoisotopic (exact) mass is 598 g/mol. The number of rotatable bonds is 7. The van der Waals surface area contributed by atoms with Crippen LogP contribution in [0.5, 0.6) is 5.75 Å². The van der Waals surface area contributed by atoms with E-state index in [1.54, 1.807) is 0 Å². The molecule has 0 aliphatic heterocycles. The number of nitrogens with two attached hydrogens (primary N) is 1. The fourth-order valence-electron chi connectivity index (χ4n) is 3.42. The second kappa shape index (κ2) is 10.8. The topological polar surface area (TPSA) is 98.8 Å². The smallest absolute Gasteiger partial charge is 0.379 e. The summed E-state index contributed by atoms with van der Waals surface area (Å²) in [5.74, 6) is 3.24. The molecule has 3 aromatic carbocycles. The Balaban J connectivity index is 1.96. The quantitative estimate of drug-likeness (QED) is 0.119. The van der Waals surface area contributed by atoms with Crippen molar-refractivity contribution in [1.29, 1.82) is 0 Å². The largest absolute Gasteiger partial charge is 0.417 e. The standard InChI is InChI=1S/C24H15F9N2O4S/c25-22(26,27)14-5-8-16(9-6-14)40(37,38)39-20-4-2-1-3-13(20)11-19(36)21(35-34)17-12-15(23(28,29)30)7-10-18(17)24(31,32)33/h1-10,12H,11,34H2/b35-21+. The van der Waals surface area contributed by atoms with Crippen LogP contribution in [0.1, 0.15) is 27.8 Å². The number of benzene rings is 3. The average molecular weight is 598 g/mol. The molecule has 0 heterocycles. The lowest BCUT2D eigenvalue weighted by Gasteiger charge is -2.17. The Morgan fingerprint density at radius 3 is 1.85 bits per heavy atom. The molecule has 0 bridgehead atoms. The Kier molecular flexibility index (Phi) is 8.24. The Morgan fingerprint density at radius 2 is 1.32 bits per heavy atom. The maximum absolute atomic E-state index is 13.5. The van der Waals surface area contributed by atoms with Crippen LogP contribution in [-0.4, -0.2) is 19.9 Å². The summed E-state index contributed by atoms with van der Waals surface area (Å²) in [6.45, 7) is 0. The summed E-state index contributed by atoms with van der Waals surface area (Å²) >= 11 is 0. The molecule has 0 aromatic heterocycles. The molecule has 0 spiro atoms. The van der Waals surface area contributed by atoms with Crippen LogP contribution in [0, 0.1) is 0 Å². The van der Waals surface area contributed by atoms with Crippen molar-refractivity contribution in [3.05, 3.63) is 94.5 Å². The van der Waals surface area contributed by atoms with Crippen molar-refractivity contribution >= 4 is 21.6 Å². The maximum Gasteiger partial charge on any atom is 0.417 e. The lowest BCUT2D eigenvalue weighted by molar-refractivity contribution is -0.141. The van der Waals surface area contributed by atoms with Crippen LogP contribution in [0.4, 0.5) is 39.5 Å². The van der Waals surface area contributed by atoms with E-state index in [1.165, 1.54) is 12.1 Å². The molecule has 6 nitrogen and oxygen atoms in total. The molecule has 3 aromatic rings. The minimum Gasteiger partial charge on any atom is -0.379 e. The SMILES string of the molecule is N/N=C(/C(=O)Cc1ccccc1OS(=O)(=O)c1ccc(C(F)(F)F)cc1)c1cc(C(F)(F)F)ccc1C(F)(F)F. The number of hydrogen-bond acceptors (Lipinski definition) is 6. The maximum atomic E-state index is 13.5. The third-order valence-corrected chi connectivity index (χ3v) is 6.54. The minimum absolute atomic E-state index is 0.0594. The van der Waals surface area contributed by atoms with Crippen molar-refractivity contribution in [3.8, 4) is 5.75 Å². The number of ketones is 1. The van der Waals surface area contributed by atoms with Gasteiger partial charge in [0.05, 0.1) is 16.7 Å². The number of nitrogens with zero attached hydrogens (tertiary/aromatic N) is 1. The van der Waals surface area contributed by atoms with Gasteiger partial charge in [0.25, 0.3) is 0 Å². The molecule has 2 N–H and O–H groups in total. The Bertz CT molecular complexity index is 1540. The van der Waals surface area contributed by atoms with Gasteiger partial charge in [-0.15, -0.1) is 0 Å². The van der Waals surface area contributed by atoms with Gasteiger partial charge in [-0.25, -0.2) is 0 Å². The lowest BCUT2D eigenvalue weighted by Crippen LogP contribution is -2.25. The van der Waals surface area contributed by atoms with Crippen molar-refractivity contribution in [2.45, 2.75) is 29.8 Å². The van der Waals surface area contributed by atoms with Gasteiger partial charge in [0, 0.05) is 17.5 Å². The third kappa shape index (κ3) is 6.91. The highest BCUT2D eigenvalue weighted by molar-refractivity contribution is 7.87. The van der Waals surface area contributed by atoms with Gasteiger partial charge in [-0.3, -0.25) is 4.79 Å². The molecule has 0 unspecified atom stereocenters. The molecule has 0 aliphatic carbocycles. The van der Waals surface area contributed by atoms with Gasteiger partial charge in [-0.05, 0) is 48.5 Å². The molecule has 40 heavy (non-hydrogen) atoms. The number of hydrazone groups is 1. The first kappa shape index (κ1) is 30.5. The van der Waals surface area contributed by atoms with Crippen molar-refractivity contribution in [2.24, 2.45) is 10.9 Å². The van der Waals surface area contributed by atoms with Crippen LogP contribution in [-0.2, 0) is 39.9 Å². The van der Waals surface area contributed by atoms with E-state index < -0.39 is 79.5 Å². The molecule has 0 atom stereocenters. The van der Waals surface area contributed by atoms with Gasteiger partial charge in [0.1, 0.15) is 16.4 Å². The van der Waals surface area contributed by atoms with Gasteiger partial charge < -0.3 is 10.0 Å². The van der Waals surface area contributed by atoms with E-state index in [9.17, 15) is 52.7 Å². The Morgan fingerprint density at radius 1 is 0.775 bits per heavy atom. The summed E-state index contributed by atoms with van der Waals surface area (Å²) in [6.07, 6.45) is -16.0. The van der Waals surface area contributed by atoms with Gasteiger partial charge in [0.2, 0.25) is 0 Å². The highest BCUT2D eigenvalue weighted by Gasteiger charge is 2.39. The Labute approximate surface area is 220 Å². The molecule has 214 valence electrons. The first-order valence-electron chi connectivity index (χ1n) is 10.6. The van der Waals surface area contributed by atoms with E-state index in [4.69, 9.17) is 10.0 Å². The van der Waals surface area contributed by atoms with Crippen LogP contribution >= 0.6 is 0 Å². The average Bonchev–Trinajstić information content (AvgIpc) is 2.84. The fraction of sp³-hybridized carbons (Fsp3) is 0.167. The zero-order valence-electron chi connectivity index (χ0n) is 19.5. The van der Waals surface area contributed by atoms with Gasteiger partial charge >= 0.3 is 28.6 Å². The predicted octanol–water partition coefficient (Wildman–Crippen LogP) is 5.99. The number of carbonyl (C=O) groups is 1. The summed E-state index contributed by atoms with van der Waals surface area (Å²) < 4.78 is 149. The van der Waals surface area contributed by atoms with Gasteiger partial charge in [-0.2, -0.15) is 53.0 Å². The van der Waals surface area contributed by atoms with E-state index in [0.717, 1.165) is 12.1 Å². The van der Waals surface area contributed by atoms with Crippen LogP contribution in [0.3, 0.4) is 0 Å². The molecule has 0 saturated heterocycles. The summed E-state index contributed by atoms with van der Waals surface area (Å²) in [4.78, 5) is 12.2. The number of para-hydroxylation sites is 1. The number of hydrogen-bond donors (Lipinski definition) is 1. The molecule has 0 saturated carbocycles. The molecule has 3 rings (SSSR count). The van der Waals surface area contributed by atoms with Crippen LogP contribution in [0.25, 0.3) is 0 Å². The number of Topliss-reactive ketones (excluding diaryl/α,β-unsaturated/α-hetero) is 1. The van der Waals surface area contributed by atoms with Crippen LogP contribution in [0.15, 0.2) is 76.7 Å². The summed E-state index contributed by atoms with van der Waals surface area (Å²) in [5, 5.41) is 2.98. The summed E-state index contributed by atoms with van der Waals surface area (Å²) in [7, 11) is -4.77. The molecule has 0 amide bonds. The van der Waals surface area contributed by atoms with Crippen LogP contribution in [0.2, 0.25) is 0 Å². The zero-order valence-corrected chi connectivity index (χ0v) is 20.3. The fourth-order valence-corrected chi connectivity index (χ4v) is 4.38. The van der Waals surface area contributed by atoms with Crippen molar-refractivity contribution < 1.29 is 56.9 Å². The first-order chi connectivity index (χ1) is 18.3. The van der Waals surface area contributed by atoms with E-state index in [2.05, 4.69) is 5.10 Å². The first-order valence-corrected chi connectivity index (χ1v) is 12.0. The van der Waals surface area contributed by atoms with E-state index in [-0.39, 0.29) is 23.8 Å². The van der Waals surface area contributed by atoms with Gasteiger partial charge in [0.15, 0.2) is 5.78 Å². The number of alkyl halides is 9. The lowest BCUT2D eigenvalue weighted by atomic mass is 9.94. The summed E-state index contributed by atoms with van der Waals surface area (Å²) in [6, 6.07) is 7.26. The molecule has 0 aliphatic rings. The normalized spacial score (nSPS) is 13.3. The zero-order chi connectivity index (χ0) is 30.1. The predicted molar refractivity (Wildman–Crippen MR) is 122 cm³/mol. The molecule has 16 heteroatoms. The van der Waals surface area contributed by atoms with E-state index in [0.29, 0.717) is 24.3 Å². The number of carbonyl (C=O) groups excluding carboxylic acids is 1. The highest BCUT2D eigenvalue weighted by atomic mass is 32.2. The Hall–Kier alpha value is -4.08. The van der Waals surface area contributed by atoms with E-state index >= 15 is 0 Å². The molecule has 0 fully saturated rings. The second-order valence-electron chi connectivity index (χ2n) is 8.00. The van der Waals surface area contributed by atoms with E-state index in [1.807, 2.05) is 0 Å². The molecular weight excluding hydrogens is 583 g/mol. The van der Waals surface area contributed by atoms with Gasteiger partial charge in [-0.1, -0.05) is 18.2 Å². The highest BCUT2D eigenvalue weighted by Crippen LogP contribution is 2.37. The van der Waals surface area contributed by atoms with Crippen LogP contribution < -0.4 is 10.0 Å². The minimum atomic E-state index is -5.20. The van der Waals surface area contributed by atoms with Crippen molar-refractivity contribution in [1.82, 2.24) is 0 Å². The summed E-state index contributed by atoms with van der Waals surface area (Å²) in [5.41, 5.74) is -6.99. The number of halogens is 9. The molecule has 0 radical (unpaired) electrons. The second-order valence-corrected chi connectivity index (χ2v) is 9.55. The van der Waals surface area contributed by atoms with Crippen molar-refractivity contribution in [3.63, 3.8) is 0 Å².